The molecule has 1 heterocycles. The van der Waals surface area contributed by atoms with E-state index in [2.05, 4.69) is 299 Å². The smallest absolute Gasteiger partial charge is 0.0541 e. The van der Waals surface area contributed by atoms with Crippen molar-refractivity contribution >= 4 is 55.9 Å². The van der Waals surface area contributed by atoms with Gasteiger partial charge < -0.3 is 14.4 Å². The molecule has 0 saturated carbocycles. The molecule has 69 heavy (non-hydrogen) atoms. The summed E-state index contributed by atoms with van der Waals surface area (Å²) in [5.74, 6) is 0. The maximum absolute atomic E-state index is 2.37. The topological polar surface area (TPSA) is 11.4 Å². The summed E-state index contributed by atoms with van der Waals surface area (Å²) in [6.45, 7) is 0. The number of aromatic nitrogens is 1. The highest BCUT2D eigenvalue weighted by atomic mass is 15.1. The molecule has 0 radical (unpaired) electrons. The monoisotopic (exact) mass is 881 g/mol. The lowest BCUT2D eigenvalue weighted by Crippen LogP contribution is -2.10. The molecule has 326 valence electrons. The van der Waals surface area contributed by atoms with E-state index in [1.165, 1.54) is 55.2 Å². The van der Waals surface area contributed by atoms with E-state index in [0.29, 0.717) is 0 Å². The Labute approximate surface area is 403 Å². The van der Waals surface area contributed by atoms with E-state index in [-0.39, 0.29) is 0 Å². The molecule has 0 saturated heterocycles. The van der Waals surface area contributed by atoms with Crippen LogP contribution in [0.25, 0.3) is 72.0 Å². The van der Waals surface area contributed by atoms with Crippen LogP contribution in [0.4, 0.5) is 34.1 Å². The second kappa shape index (κ2) is 18.2. The number of para-hydroxylation sites is 3. The van der Waals surface area contributed by atoms with E-state index in [1.54, 1.807) is 0 Å². The van der Waals surface area contributed by atoms with Crippen LogP contribution in [0, 0.1) is 0 Å². The van der Waals surface area contributed by atoms with E-state index >= 15 is 0 Å². The Morgan fingerprint density at radius 1 is 0.203 bits per heavy atom. The number of hydrogen-bond donors (Lipinski definition) is 0. The SMILES string of the molecule is c1ccc(-c2ccc(N(c3ccc(-c4ccccc4)cc3)c3ccc(-c4cccc(N(c5ccccc5)c5ccc(-c6ccc7c(c6)c6ccccc6n7-c6ccccc6)cc5)c4)cc3)cc2)cc1. The number of nitrogens with zero attached hydrogens (tertiary/aromatic N) is 3. The zero-order valence-corrected chi connectivity index (χ0v) is 38.0. The van der Waals surface area contributed by atoms with Crippen molar-refractivity contribution in [2.45, 2.75) is 0 Å². The van der Waals surface area contributed by atoms with Gasteiger partial charge in [0.25, 0.3) is 0 Å². The van der Waals surface area contributed by atoms with Crippen LogP contribution >= 0.6 is 0 Å². The molecule has 12 aromatic rings. The summed E-state index contributed by atoms with van der Waals surface area (Å²) in [4.78, 5) is 4.68. The Balaban J connectivity index is 0.864. The maximum atomic E-state index is 2.37. The first-order valence-electron chi connectivity index (χ1n) is 23.6. The van der Waals surface area contributed by atoms with Crippen molar-refractivity contribution in [2.75, 3.05) is 9.80 Å². The normalized spacial score (nSPS) is 11.2. The summed E-state index contributed by atoms with van der Waals surface area (Å²) in [5.41, 5.74) is 19.6. The third-order valence-electron chi connectivity index (χ3n) is 13.2. The van der Waals surface area contributed by atoms with E-state index in [4.69, 9.17) is 0 Å². The summed E-state index contributed by atoms with van der Waals surface area (Å²) < 4.78 is 2.37. The summed E-state index contributed by atoms with van der Waals surface area (Å²) in [5, 5.41) is 2.49. The Morgan fingerprint density at radius 3 is 1.06 bits per heavy atom. The molecule has 12 rings (SSSR count). The molecule has 0 unspecified atom stereocenters. The molecule has 0 spiro atoms. The lowest BCUT2D eigenvalue weighted by atomic mass is 10.0. The molecule has 0 aliphatic heterocycles. The van der Waals surface area contributed by atoms with Crippen LogP contribution in [-0.4, -0.2) is 4.57 Å². The zero-order valence-electron chi connectivity index (χ0n) is 38.0. The summed E-state index contributed by atoms with van der Waals surface area (Å²) in [6.07, 6.45) is 0. The molecule has 0 aliphatic rings. The van der Waals surface area contributed by atoms with Crippen molar-refractivity contribution in [3.05, 3.63) is 285 Å². The average Bonchev–Trinajstić information content (AvgIpc) is 3.77. The molecular formula is C66H47N3. The molecule has 0 aliphatic carbocycles. The number of hydrogen-bond acceptors (Lipinski definition) is 2. The number of fused-ring (bicyclic) bond motifs is 3. The van der Waals surface area contributed by atoms with Gasteiger partial charge in [0, 0.05) is 50.6 Å². The van der Waals surface area contributed by atoms with E-state index in [0.717, 1.165) is 50.9 Å². The van der Waals surface area contributed by atoms with Crippen molar-refractivity contribution in [1.29, 1.82) is 0 Å². The summed E-state index contributed by atoms with van der Waals surface area (Å²) >= 11 is 0. The minimum absolute atomic E-state index is 1.09. The molecule has 1 aromatic heterocycles. The van der Waals surface area contributed by atoms with Gasteiger partial charge in [-0.3, -0.25) is 0 Å². The molecule has 0 amide bonds. The first-order valence-corrected chi connectivity index (χ1v) is 23.6. The minimum atomic E-state index is 1.09. The maximum Gasteiger partial charge on any atom is 0.0541 e. The lowest BCUT2D eigenvalue weighted by Gasteiger charge is -2.27. The van der Waals surface area contributed by atoms with E-state index in [9.17, 15) is 0 Å². The predicted molar refractivity (Wildman–Crippen MR) is 292 cm³/mol. The highest BCUT2D eigenvalue weighted by Crippen LogP contribution is 2.41. The van der Waals surface area contributed by atoms with Gasteiger partial charge in [-0.25, -0.2) is 0 Å². The molecule has 0 bridgehead atoms. The Bertz CT molecular complexity index is 3580. The summed E-state index contributed by atoms with van der Waals surface area (Å²) in [7, 11) is 0. The van der Waals surface area contributed by atoms with E-state index < -0.39 is 0 Å². The van der Waals surface area contributed by atoms with Crippen molar-refractivity contribution in [3.8, 4) is 50.2 Å². The minimum Gasteiger partial charge on any atom is -0.311 e. The number of anilines is 6. The fourth-order valence-electron chi connectivity index (χ4n) is 9.78. The van der Waals surface area contributed by atoms with Crippen LogP contribution in [0.3, 0.4) is 0 Å². The average molecular weight is 882 g/mol. The van der Waals surface area contributed by atoms with Crippen LogP contribution in [0.2, 0.25) is 0 Å². The Morgan fingerprint density at radius 2 is 0.536 bits per heavy atom. The van der Waals surface area contributed by atoms with Gasteiger partial charge in [0.05, 0.1) is 11.0 Å². The molecule has 0 atom stereocenters. The van der Waals surface area contributed by atoms with Gasteiger partial charge in [-0.1, -0.05) is 182 Å². The molecule has 3 nitrogen and oxygen atoms in total. The molecule has 0 N–H and O–H groups in total. The fourth-order valence-corrected chi connectivity index (χ4v) is 9.78. The van der Waals surface area contributed by atoms with Crippen molar-refractivity contribution in [1.82, 2.24) is 4.57 Å². The van der Waals surface area contributed by atoms with Crippen LogP contribution in [0.15, 0.2) is 285 Å². The molecule has 11 aromatic carbocycles. The quantitative estimate of drug-likeness (QED) is 0.128. The predicted octanol–water partition coefficient (Wildman–Crippen LogP) is 18.4. The third kappa shape index (κ3) is 8.13. The largest absolute Gasteiger partial charge is 0.311 e. The van der Waals surface area contributed by atoms with Crippen molar-refractivity contribution in [3.63, 3.8) is 0 Å². The summed E-state index contributed by atoms with van der Waals surface area (Å²) in [6, 6.07) is 103. The van der Waals surface area contributed by atoms with Crippen LogP contribution in [-0.2, 0) is 0 Å². The lowest BCUT2D eigenvalue weighted by molar-refractivity contribution is 1.18. The molecule has 0 fully saturated rings. The third-order valence-corrected chi connectivity index (χ3v) is 13.2. The standard InChI is InChI=1S/C66H47N3/c1-5-16-48(17-6-1)50-28-37-58(38-29-50)67(59-39-30-51(31-40-59)49-18-7-2-8-19-49)60-41-32-52(33-42-60)54-20-15-25-62(46-54)68(56-21-9-3-10-22-56)61-43-34-53(35-44-61)55-36-45-66-64(47-55)63-26-13-14-27-65(63)69(66)57-23-11-4-12-24-57/h1-47H. The van der Waals surface area contributed by atoms with Gasteiger partial charge in [-0.2, -0.15) is 0 Å². The molecule has 3 heteroatoms. The molecular weight excluding hydrogens is 835 g/mol. The first-order chi connectivity index (χ1) is 34.2. The van der Waals surface area contributed by atoms with E-state index in [1.807, 2.05) is 0 Å². The highest BCUT2D eigenvalue weighted by molar-refractivity contribution is 6.10. The fraction of sp³-hybridized carbons (Fsp3) is 0. The van der Waals surface area contributed by atoms with Gasteiger partial charge in [-0.05, 0) is 148 Å². The van der Waals surface area contributed by atoms with Crippen LogP contribution in [0.1, 0.15) is 0 Å². The van der Waals surface area contributed by atoms with Gasteiger partial charge in [-0.15, -0.1) is 0 Å². The van der Waals surface area contributed by atoms with Gasteiger partial charge in [0.1, 0.15) is 0 Å². The van der Waals surface area contributed by atoms with Crippen LogP contribution < -0.4 is 9.80 Å². The van der Waals surface area contributed by atoms with Gasteiger partial charge >= 0.3 is 0 Å². The number of benzene rings is 11. The highest BCUT2D eigenvalue weighted by Gasteiger charge is 2.18. The Hall–Kier alpha value is -9.18. The second-order valence-electron chi connectivity index (χ2n) is 17.4. The van der Waals surface area contributed by atoms with Crippen LogP contribution in [0.5, 0.6) is 0 Å². The number of rotatable bonds is 11. The zero-order chi connectivity index (χ0) is 45.9. The Kier molecular flexibility index (Phi) is 10.9. The van der Waals surface area contributed by atoms with Crippen molar-refractivity contribution in [2.24, 2.45) is 0 Å². The first kappa shape index (κ1) is 41.3. The second-order valence-corrected chi connectivity index (χ2v) is 17.4. The van der Waals surface area contributed by atoms with Gasteiger partial charge in [0.2, 0.25) is 0 Å². The van der Waals surface area contributed by atoms with Crippen molar-refractivity contribution < 1.29 is 0 Å². The van der Waals surface area contributed by atoms with Gasteiger partial charge in [0.15, 0.2) is 0 Å².